The third-order valence-electron chi connectivity index (χ3n) is 4.24. The Labute approximate surface area is 121 Å². The van der Waals surface area contributed by atoms with Gasteiger partial charge in [0, 0.05) is 25.2 Å². The van der Waals surface area contributed by atoms with Crippen molar-refractivity contribution in [3.8, 4) is 11.5 Å². The quantitative estimate of drug-likeness (QED) is 0.897. The maximum atomic E-state index is 5.83. The van der Waals surface area contributed by atoms with Crippen LogP contribution in [0.15, 0.2) is 18.2 Å². The lowest BCUT2D eigenvalue weighted by Crippen LogP contribution is -2.43. The van der Waals surface area contributed by atoms with E-state index in [2.05, 4.69) is 24.0 Å². The molecule has 4 nitrogen and oxygen atoms in total. The zero-order valence-corrected chi connectivity index (χ0v) is 12.8. The molecular weight excluding hydrogens is 252 g/mol. The zero-order valence-electron chi connectivity index (χ0n) is 12.8. The van der Waals surface area contributed by atoms with Crippen molar-refractivity contribution in [2.75, 3.05) is 27.3 Å². The predicted octanol–water partition coefficient (Wildman–Crippen LogP) is 2.26. The lowest BCUT2D eigenvalue weighted by molar-refractivity contribution is 0.113. The van der Waals surface area contributed by atoms with E-state index in [1.807, 2.05) is 6.07 Å². The van der Waals surface area contributed by atoms with Gasteiger partial charge in [0.15, 0.2) is 0 Å². The Morgan fingerprint density at radius 1 is 1.15 bits per heavy atom. The van der Waals surface area contributed by atoms with E-state index < -0.39 is 0 Å². The van der Waals surface area contributed by atoms with Gasteiger partial charge in [-0.1, -0.05) is 0 Å². The minimum absolute atomic E-state index is 0.606. The van der Waals surface area contributed by atoms with Crippen molar-refractivity contribution in [3.05, 3.63) is 23.8 Å². The summed E-state index contributed by atoms with van der Waals surface area (Å²) in [5.41, 5.74) is 7.06. The first-order chi connectivity index (χ1) is 9.66. The number of rotatable bonds is 5. The molecule has 0 aromatic heterocycles. The van der Waals surface area contributed by atoms with Gasteiger partial charge in [0.05, 0.1) is 14.2 Å². The minimum Gasteiger partial charge on any atom is -0.497 e. The van der Waals surface area contributed by atoms with Gasteiger partial charge in [-0.2, -0.15) is 0 Å². The molecule has 0 bridgehead atoms. The molecule has 4 heteroatoms. The zero-order chi connectivity index (χ0) is 14.5. The maximum Gasteiger partial charge on any atom is 0.122 e. The summed E-state index contributed by atoms with van der Waals surface area (Å²) in [5.74, 6) is 2.32. The number of ether oxygens (including phenoxy) is 2. The van der Waals surface area contributed by atoms with Gasteiger partial charge in [0.2, 0.25) is 0 Å². The second kappa shape index (κ2) is 6.95. The summed E-state index contributed by atoms with van der Waals surface area (Å²) in [6, 6.07) is 6.68. The fourth-order valence-corrected chi connectivity index (χ4v) is 2.87. The van der Waals surface area contributed by atoms with Gasteiger partial charge < -0.3 is 15.2 Å². The van der Waals surface area contributed by atoms with Crippen LogP contribution in [-0.4, -0.2) is 38.3 Å². The first-order valence-electron chi connectivity index (χ1n) is 7.32. The van der Waals surface area contributed by atoms with Crippen LogP contribution in [0.4, 0.5) is 0 Å². The molecule has 0 amide bonds. The molecule has 2 rings (SSSR count). The Hall–Kier alpha value is -1.26. The molecule has 0 saturated carbocycles. The summed E-state index contributed by atoms with van der Waals surface area (Å²) in [5, 5.41) is 0. The molecule has 1 saturated heterocycles. The first kappa shape index (κ1) is 15.1. The second-order valence-electron chi connectivity index (χ2n) is 5.68. The van der Waals surface area contributed by atoms with E-state index in [0.29, 0.717) is 12.0 Å². The van der Waals surface area contributed by atoms with Crippen LogP contribution in [0.1, 0.15) is 25.3 Å². The third-order valence-corrected chi connectivity index (χ3v) is 4.24. The molecule has 0 spiro atoms. The molecule has 20 heavy (non-hydrogen) atoms. The van der Waals surface area contributed by atoms with E-state index in [4.69, 9.17) is 15.2 Å². The molecule has 2 unspecified atom stereocenters. The Morgan fingerprint density at radius 3 is 2.35 bits per heavy atom. The maximum absolute atomic E-state index is 5.83. The molecule has 2 atom stereocenters. The highest BCUT2D eigenvalue weighted by Crippen LogP contribution is 2.27. The van der Waals surface area contributed by atoms with E-state index in [0.717, 1.165) is 31.1 Å². The van der Waals surface area contributed by atoms with Crippen molar-refractivity contribution in [2.45, 2.75) is 32.4 Å². The monoisotopic (exact) mass is 278 g/mol. The Kier molecular flexibility index (Phi) is 5.26. The number of methoxy groups -OCH3 is 2. The standard InChI is InChI=1S/C16H26N2O2/c1-12-4-5-13(9-17)10-18(12)11-14-6-15(19-2)8-16(7-14)20-3/h6-8,12-13H,4-5,9-11,17H2,1-3H3. The average Bonchev–Trinajstić information content (AvgIpc) is 2.49. The van der Waals surface area contributed by atoms with E-state index in [9.17, 15) is 0 Å². The van der Waals surface area contributed by atoms with Crippen LogP contribution in [0, 0.1) is 5.92 Å². The summed E-state index contributed by atoms with van der Waals surface area (Å²) in [7, 11) is 3.37. The largest absolute Gasteiger partial charge is 0.497 e. The summed E-state index contributed by atoms with van der Waals surface area (Å²) >= 11 is 0. The van der Waals surface area contributed by atoms with Crippen molar-refractivity contribution in [1.82, 2.24) is 4.90 Å². The van der Waals surface area contributed by atoms with Crippen LogP contribution in [-0.2, 0) is 6.54 Å². The van der Waals surface area contributed by atoms with Crippen molar-refractivity contribution in [1.29, 1.82) is 0 Å². The van der Waals surface area contributed by atoms with Gasteiger partial charge in [0.25, 0.3) is 0 Å². The SMILES string of the molecule is COc1cc(CN2CC(CN)CCC2C)cc(OC)c1. The molecule has 1 aliphatic heterocycles. The van der Waals surface area contributed by atoms with E-state index in [-0.39, 0.29) is 0 Å². The summed E-state index contributed by atoms with van der Waals surface area (Å²) in [4.78, 5) is 2.51. The van der Waals surface area contributed by atoms with Crippen LogP contribution >= 0.6 is 0 Å². The lowest BCUT2D eigenvalue weighted by atomic mass is 9.93. The predicted molar refractivity (Wildman–Crippen MR) is 81.2 cm³/mol. The molecule has 1 aromatic rings. The number of nitrogens with two attached hydrogens (primary N) is 1. The fourth-order valence-electron chi connectivity index (χ4n) is 2.87. The van der Waals surface area contributed by atoms with Gasteiger partial charge in [-0.25, -0.2) is 0 Å². The topological polar surface area (TPSA) is 47.7 Å². The minimum atomic E-state index is 0.606. The van der Waals surface area contributed by atoms with Gasteiger partial charge in [-0.05, 0) is 49.9 Å². The van der Waals surface area contributed by atoms with Crippen LogP contribution in [0.5, 0.6) is 11.5 Å². The summed E-state index contributed by atoms with van der Waals surface area (Å²) in [6.45, 7) is 5.08. The smallest absolute Gasteiger partial charge is 0.122 e. The van der Waals surface area contributed by atoms with Crippen molar-refractivity contribution < 1.29 is 9.47 Å². The molecule has 112 valence electrons. The summed E-state index contributed by atoms with van der Waals surface area (Å²) in [6.07, 6.45) is 2.47. The van der Waals surface area contributed by atoms with Gasteiger partial charge in [0.1, 0.15) is 11.5 Å². The van der Waals surface area contributed by atoms with Crippen molar-refractivity contribution >= 4 is 0 Å². The van der Waals surface area contributed by atoms with Gasteiger partial charge in [-0.3, -0.25) is 4.90 Å². The van der Waals surface area contributed by atoms with Crippen molar-refractivity contribution in [3.63, 3.8) is 0 Å². The Morgan fingerprint density at radius 2 is 1.80 bits per heavy atom. The Balaban J connectivity index is 2.11. The first-order valence-corrected chi connectivity index (χ1v) is 7.32. The second-order valence-corrected chi connectivity index (χ2v) is 5.68. The fraction of sp³-hybridized carbons (Fsp3) is 0.625. The number of likely N-dealkylation sites (tertiary alicyclic amines) is 1. The molecule has 0 aliphatic carbocycles. The lowest BCUT2D eigenvalue weighted by Gasteiger charge is -2.37. The van der Waals surface area contributed by atoms with Gasteiger partial charge in [-0.15, -0.1) is 0 Å². The van der Waals surface area contributed by atoms with Crippen LogP contribution in [0.25, 0.3) is 0 Å². The van der Waals surface area contributed by atoms with Crippen LogP contribution in [0.3, 0.4) is 0 Å². The van der Waals surface area contributed by atoms with Crippen LogP contribution < -0.4 is 15.2 Å². The van der Waals surface area contributed by atoms with E-state index in [1.165, 1.54) is 18.4 Å². The molecule has 0 radical (unpaired) electrons. The number of nitrogens with zero attached hydrogens (tertiary/aromatic N) is 1. The normalized spacial score (nSPS) is 23.6. The van der Waals surface area contributed by atoms with E-state index in [1.54, 1.807) is 14.2 Å². The Bertz CT molecular complexity index is 414. The van der Waals surface area contributed by atoms with Gasteiger partial charge >= 0.3 is 0 Å². The van der Waals surface area contributed by atoms with Crippen molar-refractivity contribution in [2.24, 2.45) is 11.7 Å². The molecular formula is C16H26N2O2. The summed E-state index contributed by atoms with van der Waals surface area (Å²) < 4.78 is 10.7. The van der Waals surface area contributed by atoms with E-state index >= 15 is 0 Å². The third kappa shape index (κ3) is 3.64. The van der Waals surface area contributed by atoms with Crippen LogP contribution in [0.2, 0.25) is 0 Å². The molecule has 1 aliphatic rings. The number of piperidine rings is 1. The average molecular weight is 278 g/mol. The number of benzene rings is 1. The highest BCUT2D eigenvalue weighted by atomic mass is 16.5. The number of hydrogen-bond donors (Lipinski definition) is 1. The molecule has 1 aromatic carbocycles. The molecule has 2 N–H and O–H groups in total. The highest BCUT2D eigenvalue weighted by molar-refractivity contribution is 5.38. The molecule has 1 heterocycles. The molecule has 1 fully saturated rings. The number of hydrogen-bond acceptors (Lipinski definition) is 4. The highest BCUT2D eigenvalue weighted by Gasteiger charge is 2.24.